The largest absolute Gasteiger partial charge is 0.487 e. The molecule has 0 aromatic heterocycles. The van der Waals surface area contributed by atoms with E-state index >= 15 is 0 Å². The summed E-state index contributed by atoms with van der Waals surface area (Å²) in [5, 5.41) is 3.10. The Labute approximate surface area is 113 Å². The second kappa shape index (κ2) is 7.75. The van der Waals surface area contributed by atoms with Gasteiger partial charge < -0.3 is 10.1 Å². The summed E-state index contributed by atoms with van der Waals surface area (Å²) in [4.78, 5) is 0. The summed E-state index contributed by atoms with van der Waals surface area (Å²) in [6.45, 7) is 6.25. The normalized spacial score (nSPS) is 10.2. The molecular weight excluding hydrogens is 248 g/mol. The van der Waals surface area contributed by atoms with E-state index in [4.69, 9.17) is 4.74 Å². The molecule has 4 heteroatoms. The smallest absolute Gasteiger partial charge is 0.190 e. The summed E-state index contributed by atoms with van der Waals surface area (Å²) in [5.41, 5.74) is 0.560. The SMILES string of the molecule is CC#CCCOc1c(F)cc(CNC(C)C)cc1F. The number of hydrogen-bond acceptors (Lipinski definition) is 2. The minimum atomic E-state index is -0.676. The van der Waals surface area contributed by atoms with E-state index in [2.05, 4.69) is 17.2 Å². The molecule has 0 fully saturated rings. The fourth-order valence-corrected chi connectivity index (χ4v) is 1.50. The van der Waals surface area contributed by atoms with Gasteiger partial charge in [-0.05, 0) is 24.6 Å². The lowest BCUT2D eigenvalue weighted by Crippen LogP contribution is -2.22. The van der Waals surface area contributed by atoms with Gasteiger partial charge in [-0.1, -0.05) is 13.8 Å². The lowest BCUT2D eigenvalue weighted by atomic mass is 10.2. The topological polar surface area (TPSA) is 21.3 Å². The van der Waals surface area contributed by atoms with Gasteiger partial charge in [0.1, 0.15) is 0 Å². The van der Waals surface area contributed by atoms with E-state index in [1.165, 1.54) is 12.1 Å². The van der Waals surface area contributed by atoms with Crippen molar-refractivity contribution in [3.05, 3.63) is 29.3 Å². The quantitative estimate of drug-likeness (QED) is 0.631. The molecule has 1 aromatic carbocycles. The Morgan fingerprint density at radius 2 is 1.89 bits per heavy atom. The first kappa shape index (κ1) is 15.5. The van der Waals surface area contributed by atoms with E-state index < -0.39 is 11.6 Å². The van der Waals surface area contributed by atoms with E-state index in [-0.39, 0.29) is 18.4 Å². The van der Waals surface area contributed by atoms with Gasteiger partial charge in [-0.15, -0.1) is 11.8 Å². The van der Waals surface area contributed by atoms with Crippen LogP contribution in [0.1, 0.15) is 32.8 Å². The van der Waals surface area contributed by atoms with Crippen molar-refractivity contribution in [2.45, 2.75) is 39.8 Å². The standard InChI is InChI=1S/C15H19F2NO/c1-4-5-6-7-19-15-13(16)8-12(9-14(15)17)10-18-11(2)3/h8-9,11,18H,6-7,10H2,1-3H3. The van der Waals surface area contributed by atoms with Crippen molar-refractivity contribution in [2.24, 2.45) is 0 Å². The molecule has 1 aromatic rings. The van der Waals surface area contributed by atoms with Crippen LogP contribution in [0.15, 0.2) is 12.1 Å². The molecule has 0 aliphatic carbocycles. The van der Waals surface area contributed by atoms with Crippen molar-refractivity contribution in [2.75, 3.05) is 6.61 Å². The minimum absolute atomic E-state index is 0.179. The monoisotopic (exact) mass is 267 g/mol. The molecule has 0 spiro atoms. The van der Waals surface area contributed by atoms with E-state index in [1.807, 2.05) is 13.8 Å². The van der Waals surface area contributed by atoms with Crippen LogP contribution in [0.3, 0.4) is 0 Å². The predicted molar refractivity (Wildman–Crippen MR) is 71.9 cm³/mol. The molecule has 0 amide bonds. The van der Waals surface area contributed by atoms with Gasteiger partial charge in [0.2, 0.25) is 0 Å². The van der Waals surface area contributed by atoms with Crippen molar-refractivity contribution in [1.29, 1.82) is 0 Å². The van der Waals surface area contributed by atoms with Crippen LogP contribution in [0.4, 0.5) is 8.78 Å². The minimum Gasteiger partial charge on any atom is -0.487 e. The highest BCUT2D eigenvalue weighted by Gasteiger charge is 2.12. The number of rotatable bonds is 6. The van der Waals surface area contributed by atoms with E-state index in [0.29, 0.717) is 18.5 Å². The van der Waals surface area contributed by atoms with E-state index in [9.17, 15) is 8.78 Å². The number of ether oxygens (including phenoxy) is 1. The van der Waals surface area contributed by atoms with Crippen LogP contribution in [-0.4, -0.2) is 12.6 Å². The summed E-state index contributed by atoms with van der Waals surface area (Å²) in [5.74, 6) is 3.79. The average Bonchev–Trinajstić information content (AvgIpc) is 2.34. The van der Waals surface area contributed by atoms with E-state index in [0.717, 1.165) is 0 Å². The zero-order valence-electron chi connectivity index (χ0n) is 11.5. The highest BCUT2D eigenvalue weighted by Crippen LogP contribution is 2.23. The Hall–Kier alpha value is -1.60. The summed E-state index contributed by atoms with van der Waals surface area (Å²) < 4.78 is 32.5. The Kier molecular flexibility index (Phi) is 6.31. The Morgan fingerprint density at radius 3 is 2.42 bits per heavy atom. The number of hydrogen-bond donors (Lipinski definition) is 1. The lowest BCUT2D eigenvalue weighted by molar-refractivity contribution is 0.292. The van der Waals surface area contributed by atoms with Crippen LogP contribution >= 0.6 is 0 Å². The van der Waals surface area contributed by atoms with Gasteiger partial charge >= 0.3 is 0 Å². The summed E-state index contributed by atoms with van der Waals surface area (Å²) >= 11 is 0. The zero-order valence-corrected chi connectivity index (χ0v) is 11.5. The van der Waals surface area contributed by atoms with Crippen LogP contribution in [0.25, 0.3) is 0 Å². The highest BCUT2D eigenvalue weighted by molar-refractivity contribution is 5.31. The van der Waals surface area contributed by atoms with Crippen LogP contribution in [0.2, 0.25) is 0 Å². The molecule has 0 aliphatic rings. The van der Waals surface area contributed by atoms with E-state index in [1.54, 1.807) is 6.92 Å². The van der Waals surface area contributed by atoms with Gasteiger partial charge in [0.25, 0.3) is 0 Å². The van der Waals surface area contributed by atoms with Crippen molar-refractivity contribution >= 4 is 0 Å². The molecule has 19 heavy (non-hydrogen) atoms. The third-order valence-corrected chi connectivity index (χ3v) is 2.42. The van der Waals surface area contributed by atoms with Gasteiger partial charge in [0.15, 0.2) is 17.4 Å². The fraction of sp³-hybridized carbons (Fsp3) is 0.467. The second-order valence-electron chi connectivity index (χ2n) is 4.45. The van der Waals surface area contributed by atoms with Gasteiger partial charge in [-0.3, -0.25) is 0 Å². The van der Waals surface area contributed by atoms with Gasteiger partial charge in [0.05, 0.1) is 6.61 Å². The zero-order chi connectivity index (χ0) is 14.3. The number of halogens is 2. The third kappa shape index (κ3) is 5.27. The molecule has 2 nitrogen and oxygen atoms in total. The van der Waals surface area contributed by atoms with Crippen molar-refractivity contribution in [3.8, 4) is 17.6 Å². The first-order valence-corrected chi connectivity index (χ1v) is 6.28. The van der Waals surface area contributed by atoms with Crippen molar-refractivity contribution < 1.29 is 13.5 Å². The maximum atomic E-state index is 13.7. The summed E-state index contributed by atoms with van der Waals surface area (Å²) in [6, 6.07) is 2.84. The van der Waals surface area contributed by atoms with Crippen LogP contribution < -0.4 is 10.1 Å². The molecule has 0 aliphatic heterocycles. The molecule has 104 valence electrons. The average molecular weight is 267 g/mol. The molecule has 1 rings (SSSR count). The van der Waals surface area contributed by atoms with Gasteiger partial charge in [-0.25, -0.2) is 8.78 Å². The molecule has 0 unspecified atom stereocenters. The first-order chi connectivity index (χ1) is 9.04. The molecule has 0 atom stereocenters. The number of benzene rings is 1. The molecular formula is C15H19F2NO. The van der Waals surface area contributed by atoms with Crippen LogP contribution in [-0.2, 0) is 6.54 Å². The Morgan fingerprint density at radius 1 is 1.26 bits per heavy atom. The summed E-state index contributed by atoms with van der Waals surface area (Å²) in [7, 11) is 0. The second-order valence-corrected chi connectivity index (χ2v) is 4.45. The lowest BCUT2D eigenvalue weighted by Gasteiger charge is -2.11. The molecule has 0 heterocycles. The molecule has 0 saturated heterocycles. The highest BCUT2D eigenvalue weighted by atomic mass is 19.1. The Balaban J connectivity index is 2.70. The molecule has 1 N–H and O–H groups in total. The van der Waals surface area contributed by atoms with Gasteiger partial charge in [-0.2, -0.15) is 0 Å². The molecule has 0 radical (unpaired) electrons. The fourth-order valence-electron chi connectivity index (χ4n) is 1.50. The van der Waals surface area contributed by atoms with Crippen LogP contribution in [0, 0.1) is 23.5 Å². The number of nitrogens with one attached hydrogen (secondary N) is 1. The maximum Gasteiger partial charge on any atom is 0.190 e. The third-order valence-electron chi connectivity index (χ3n) is 2.42. The Bertz CT molecular complexity index is 452. The maximum absolute atomic E-state index is 13.7. The first-order valence-electron chi connectivity index (χ1n) is 6.28. The molecule has 0 saturated carbocycles. The molecule has 0 bridgehead atoms. The van der Waals surface area contributed by atoms with Crippen molar-refractivity contribution in [3.63, 3.8) is 0 Å². The van der Waals surface area contributed by atoms with Gasteiger partial charge in [0, 0.05) is 19.0 Å². The van der Waals surface area contributed by atoms with Crippen molar-refractivity contribution in [1.82, 2.24) is 5.32 Å². The van der Waals surface area contributed by atoms with Crippen LogP contribution in [0.5, 0.6) is 5.75 Å². The summed E-state index contributed by atoms with van der Waals surface area (Å²) in [6.07, 6.45) is 0.450. The predicted octanol–water partition coefficient (Wildman–Crippen LogP) is 3.26.